The molecule has 0 bridgehead atoms. The van der Waals surface area contributed by atoms with Gasteiger partial charge in [0.15, 0.2) is 0 Å². The molecule has 1 aliphatic rings. The quantitative estimate of drug-likeness (QED) is 0.695. The number of ether oxygens (including phenoxy) is 1. The maximum atomic E-state index is 6.43. The van der Waals surface area contributed by atoms with E-state index in [9.17, 15) is 0 Å². The van der Waals surface area contributed by atoms with Gasteiger partial charge < -0.3 is 4.74 Å². The molecular weight excluding hydrogens is 298 g/mol. The van der Waals surface area contributed by atoms with Crippen molar-refractivity contribution in [3.05, 3.63) is 83.4 Å². The highest BCUT2D eigenvalue weighted by atomic mass is 35.5. The van der Waals surface area contributed by atoms with Gasteiger partial charge in [0.05, 0.1) is 6.54 Å². The van der Waals surface area contributed by atoms with Crippen molar-refractivity contribution < 1.29 is 4.74 Å². The SMILES string of the molecule is Clc1ccccc1C1(c2ccccc2)OC1Cn1cncn1. The third kappa shape index (κ3) is 2.12. The van der Waals surface area contributed by atoms with E-state index in [2.05, 4.69) is 22.2 Å². The number of nitrogens with zero attached hydrogens (tertiary/aromatic N) is 3. The van der Waals surface area contributed by atoms with Gasteiger partial charge in [0.1, 0.15) is 24.4 Å². The molecule has 22 heavy (non-hydrogen) atoms. The number of rotatable bonds is 4. The highest BCUT2D eigenvalue weighted by Gasteiger charge is 2.59. The van der Waals surface area contributed by atoms with Gasteiger partial charge in [-0.1, -0.05) is 60.1 Å². The van der Waals surface area contributed by atoms with E-state index < -0.39 is 5.60 Å². The summed E-state index contributed by atoms with van der Waals surface area (Å²) in [5.74, 6) is 0. The van der Waals surface area contributed by atoms with Crippen LogP contribution in [0.1, 0.15) is 11.1 Å². The minimum Gasteiger partial charge on any atom is -0.354 e. The smallest absolute Gasteiger partial charge is 0.148 e. The monoisotopic (exact) mass is 311 g/mol. The third-order valence-electron chi connectivity index (χ3n) is 4.02. The lowest BCUT2D eigenvalue weighted by atomic mass is 9.88. The summed E-state index contributed by atoms with van der Waals surface area (Å²) in [5.41, 5.74) is 1.59. The number of hydrogen-bond donors (Lipinski definition) is 0. The Hall–Kier alpha value is -2.17. The average molecular weight is 312 g/mol. The highest BCUT2D eigenvalue weighted by Crippen LogP contribution is 2.54. The van der Waals surface area contributed by atoms with Crippen molar-refractivity contribution in [2.24, 2.45) is 0 Å². The Labute approximate surface area is 133 Å². The van der Waals surface area contributed by atoms with Crippen LogP contribution >= 0.6 is 11.6 Å². The molecule has 4 rings (SSSR count). The fourth-order valence-corrected chi connectivity index (χ4v) is 3.22. The summed E-state index contributed by atoms with van der Waals surface area (Å²) >= 11 is 6.43. The molecule has 0 saturated carbocycles. The molecule has 2 heterocycles. The van der Waals surface area contributed by atoms with Crippen molar-refractivity contribution in [2.45, 2.75) is 18.2 Å². The summed E-state index contributed by atoms with van der Waals surface area (Å²) in [6.07, 6.45) is 3.21. The number of benzene rings is 2. The van der Waals surface area contributed by atoms with Crippen molar-refractivity contribution >= 4 is 11.6 Å². The van der Waals surface area contributed by atoms with Crippen molar-refractivity contribution in [1.29, 1.82) is 0 Å². The first-order valence-corrected chi connectivity index (χ1v) is 7.49. The van der Waals surface area contributed by atoms with Crippen molar-refractivity contribution in [3.63, 3.8) is 0 Å². The van der Waals surface area contributed by atoms with Crippen molar-refractivity contribution in [3.8, 4) is 0 Å². The Morgan fingerprint density at radius 1 is 1.09 bits per heavy atom. The van der Waals surface area contributed by atoms with E-state index in [-0.39, 0.29) is 6.10 Å². The number of halogens is 1. The van der Waals surface area contributed by atoms with E-state index in [4.69, 9.17) is 16.3 Å². The van der Waals surface area contributed by atoms with Gasteiger partial charge in [-0.2, -0.15) is 5.10 Å². The lowest BCUT2D eigenvalue weighted by Crippen LogP contribution is -2.19. The van der Waals surface area contributed by atoms with Gasteiger partial charge in [0.25, 0.3) is 0 Å². The van der Waals surface area contributed by atoms with E-state index in [0.29, 0.717) is 11.6 Å². The van der Waals surface area contributed by atoms with Crippen LogP contribution in [0.2, 0.25) is 5.02 Å². The summed E-state index contributed by atoms with van der Waals surface area (Å²) in [4.78, 5) is 3.98. The molecule has 0 amide bonds. The second kappa shape index (κ2) is 5.23. The van der Waals surface area contributed by atoms with E-state index in [0.717, 1.165) is 11.1 Å². The molecule has 3 aromatic rings. The number of hydrogen-bond acceptors (Lipinski definition) is 3. The molecule has 2 unspecified atom stereocenters. The van der Waals surface area contributed by atoms with Gasteiger partial charge in [-0.3, -0.25) is 4.68 Å². The molecular formula is C17H14ClN3O. The van der Waals surface area contributed by atoms with E-state index in [1.807, 2.05) is 42.5 Å². The minimum absolute atomic E-state index is 0.0171. The van der Waals surface area contributed by atoms with E-state index in [1.165, 1.54) is 6.33 Å². The second-order valence-electron chi connectivity index (χ2n) is 5.31. The van der Waals surface area contributed by atoms with Crippen molar-refractivity contribution in [2.75, 3.05) is 0 Å². The average Bonchev–Trinajstić information content (AvgIpc) is 3.01. The summed E-state index contributed by atoms with van der Waals surface area (Å²) in [6.45, 7) is 0.639. The van der Waals surface area contributed by atoms with Gasteiger partial charge >= 0.3 is 0 Å². The molecule has 2 aromatic carbocycles. The molecule has 1 aliphatic heterocycles. The van der Waals surface area contributed by atoms with Crippen LogP contribution < -0.4 is 0 Å². The molecule has 2 atom stereocenters. The molecule has 0 aliphatic carbocycles. The zero-order valence-electron chi connectivity index (χ0n) is 11.8. The maximum Gasteiger partial charge on any atom is 0.148 e. The summed E-state index contributed by atoms with van der Waals surface area (Å²) in [5, 5.41) is 4.88. The van der Waals surface area contributed by atoms with Gasteiger partial charge in [-0.25, -0.2) is 4.98 Å². The largest absolute Gasteiger partial charge is 0.354 e. The Kier molecular flexibility index (Phi) is 3.21. The maximum absolute atomic E-state index is 6.43. The third-order valence-corrected chi connectivity index (χ3v) is 4.35. The van der Waals surface area contributed by atoms with Crippen LogP contribution in [0.15, 0.2) is 67.3 Å². The van der Waals surface area contributed by atoms with Crippen LogP contribution in [0.5, 0.6) is 0 Å². The second-order valence-corrected chi connectivity index (χ2v) is 5.71. The predicted octanol–water partition coefficient (Wildman–Crippen LogP) is 3.27. The molecule has 1 saturated heterocycles. The summed E-state index contributed by atoms with van der Waals surface area (Å²) < 4.78 is 7.94. The number of epoxide rings is 1. The van der Waals surface area contributed by atoms with Gasteiger partial charge in [0.2, 0.25) is 0 Å². The van der Waals surface area contributed by atoms with Crippen LogP contribution in [0.3, 0.4) is 0 Å². The Morgan fingerprint density at radius 2 is 1.86 bits per heavy atom. The zero-order chi connectivity index (χ0) is 15.0. The minimum atomic E-state index is -0.508. The Balaban J connectivity index is 1.76. The molecule has 0 radical (unpaired) electrons. The lowest BCUT2D eigenvalue weighted by Gasteiger charge is -2.16. The van der Waals surface area contributed by atoms with Crippen LogP contribution in [0, 0.1) is 0 Å². The molecule has 0 N–H and O–H groups in total. The first kappa shape index (κ1) is 13.5. The van der Waals surface area contributed by atoms with Crippen LogP contribution in [0.4, 0.5) is 0 Å². The van der Waals surface area contributed by atoms with Crippen LogP contribution in [-0.4, -0.2) is 20.9 Å². The Morgan fingerprint density at radius 3 is 2.59 bits per heavy atom. The van der Waals surface area contributed by atoms with Gasteiger partial charge in [-0.15, -0.1) is 0 Å². The molecule has 5 heteroatoms. The topological polar surface area (TPSA) is 43.2 Å². The first-order valence-electron chi connectivity index (χ1n) is 7.11. The molecule has 0 spiro atoms. The summed E-state index contributed by atoms with van der Waals surface area (Å²) in [6, 6.07) is 18.0. The van der Waals surface area contributed by atoms with Crippen LogP contribution in [-0.2, 0) is 16.9 Å². The standard InChI is InChI=1S/C17H14ClN3O/c18-15-9-5-4-8-14(15)17(13-6-2-1-3-7-13)16(22-17)10-21-12-19-11-20-21/h1-9,11-12,16H,10H2. The zero-order valence-corrected chi connectivity index (χ0v) is 12.5. The molecule has 1 aromatic heterocycles. The summed E-state index contributed by atoms with van der Waals surface area (Å²) in [7, 11) is 0. The molecule has 110 valence electrons. The predicted molar refractivity (Wildman–Crippen MR) is 83.6 cm³/mol. The normalized spacial score (nSPS) is 23.4. The lowest BCUT2D eigenvalue weighted by molar-refractivity contribution is 0.315. The van der Waals surface area contributed by atoms with E-state index >= 15 is 0 Å². The number of aromatic nitrogens is 3. The highest BCUT2D eigenvalue weighted by molar-refractivity contribution is 6.31. The van der Waals surface area contributed by atoms with Gasteiger partial charge in [-0.05, 0) is 11.6 Å². The van der Waals surface area contributed by atoms with Crippen molar-refractivity contribution in [1.82, 2.24) is 14.8 Å². The Bertz CT molecular complexity index is 776. The fraction of sp³-hybridized carbons (Fsp3) is 0.176. The van der Waals surface area contributed by atoms with E-state index in [1.54, 1.807) is 11.0 Å². The van der Waals surface area contributed by atoms with Gasteiger partial charge in [0, 0.05) is 10.6 Å². The fourth-order valence-electron chi connectivity index (χ4n) is 2.95. The van der Waals surface area contributed by atoms with Crippen LogP contribution in [0.25, 0.3) is 0 Å². The molecule has 4 nitrogen and oxygen atoms in total. The molecule has 1 fully saturated rings. The first-order chi connectivity index (χ1) is 10.8.